The van der Waals surface area contributed by atoms with Crippen LogP contribution in [0.1, 0.15) is 23.6 Å². The fourth-order valence-electron chi connectivity index (χ4n) is 3.05. The Morgan fingerprint density at radius 2 is 2.00 bits per heavy atom. The van der Waals surface area contributed by atoms with E-state index in [9.17, 15) is 19.6 Å². The van der Waals surface area contributed by atoms with Crippen molar-refractivity contribution in [2.45, 2.75) is 13.5 Å². The van der Waals surface area contributed by atoms with Gasteiger partial charge in [0.25, 0.3) is 5.91 Å². The topological polar surface area (TPSA) is 118 Å². The number of ether oxygens (including phenoxy) is 3. The first-order chi connectivity index (χ1) is 15.9. The zero-order valence-electron chi connectivity index (χ0n) is 17.9. The van der Waals surface area contributed by atoms with Crippen LogP contribution in [0.15, 0.2) is 46.6 Å². The quantitative estimate of drug-likeness (QED) is 0.326. The minimum Gasteiger partial charge on any atom is -0.490 e. The van der Waals surface area contributed by atoms with Crippen molar-refractivity contribution in [1.29, 1.82) is 5.26 Å². The predicted octanol–water partition coefficient (Wildman–Crippen LogP) is 3.36. The fraction of sp³-hybridized carbons (Fsp3) is 0.217. The van der Waals surface area contributed by atoms with Crippen molar-refractivity contribution in [2.75, 3.05) is 20.3 Å². The highest BCUT2D eigenvalue weighted by molar-refractivity contribution is 9.10. The summed E-state index contributed by atoms with van der Waals surface area (Å²) in [4.78, 5) is 36.8. The van der Waals surface area contributed by atoms with Crippen molar-refractivity contribution in [1.82, 2.24) is 10.2 Å². The summed E-state index contributed by atoms with van der Waals surface area (Å²) in [5, 5.41) is 11.7. The summed E-state index contributed by atoms with van der Waals surface area (Å²) in [7, 11) is 1.17. The van der Waals surface area contributed by atoms with Crippen LogP contribution in [0.25, 0.3) is 6.08 Å². The summed E-state index contributed by atoms with van der Waals surface area (Å²) in [5.41, 5.74) is 1.80. The molecule has 1 N–H and O–H groups in total. The molecule has 3 rings (SSSR count). The third-order valence-electron chi connectivity index (χ3n) is 4.63. The maximum Gasteiger partial charge on any atom is 0.329 e. The highest BCUT2D eigenvalue weighted by atomic mass is 79.9. The van der Waals surface area contributed by atoms with Gasteiger partial charge < -0.3 is 19.5 Å². The monoisotopic (exact) mass is 513 g/mol. The minimum atomic E-state index is -0.711. The minimum absolute atomic E-state index is 0.00914. The second-order valence-electron chi connectivity index (χ2n) is 6.78. The molecule has 0 spiro atoms. The molecular formula is C23H20BrN3O6. The summed E-state index contributed by atoms with van der Waals surface area (Å²) in [6.45, 7) is 1.85. The SMILES string of the molecule is CCOc1cc(/C=C2/NC(=O)N(CC(=O)OC)C2=O)cc(Br)c1OCc1ccccc1C#N. The molecule has 1 aliphatic rings. The number of rotatable bonds is 8. The number of carbonyl (C=O) groups excluding carboxylic acids is 3. The van der Waals surface area contributed by atoms with Gasteiger partial charge in [-0.2, -0.15) is 5.26 Å². The van der Waals surface area contributed by atoms with Crippen molar-refractivity contribution in [3.63, 3.8) is 0 Å². The van der Waals surface area contributed by atoms with Gasteiger partial charge >= 0.3 is 12.0 Å². The van der Waals surface area contributed by atoms with E-state index in [1.807, 2.05) is 13.0 Å². The Morgan fingerprint density at radius 3 is 2.70 bits per heavy atom. The molecule has 170 valence electrons. The fourth-order valence-corrected chi connectivity index (χ4v) is 3.63. The number of nitriles is 1. The van der Waals surface area contributed by atoms with Crippen molar-refractivity contribution < 1.29 is 28.6 Å². The number of halogens is 1. The first-order valence-electron chi connectivity index (χ1n) is 9.86. The van der Waals surface area contributed by atoms with Gasteiger partial charge in [0.2, 0.25) is 0 Å². The molecule has 1 fully saturated rings. The largest absolute Gasteiger partial charge is 0.490 e. The Morgan fingerprint density at radius 1 is 1.24 bits per heavy atom. The number of urea groups is 1. The molecule has 0 aliphatic carbocycles. The Kier molecular flexibility index (Phi) is 7.69. The third kappa shape index (κ3) is 5.51. The van der Waals surface area contributed by atoms with Gasteiger partial charge in [-0.05, 0) is 52.7 Å². The number of carbonyl (C=O) groups is 3. The molecule has 9 nitrogen and oxygen atoms in total. The van der Waals surface area contributed by atoms with E-state index >= 15 is 0 Å². The molecule has 0 saturated carbocycles. The molecule has 33 heavy (non-hydrogen) atoms. The maximum absolute atomic E-state index is 12.5. The van der Waals surface area contributed by atoms with Crippen LogP contribution >= 0.6 is 15.9 Å². The van der Waals surface area contributed by atoms with Crippen LogP contribution in [-0.2, 0) is 20.9 Å². The second kappa shape index (κ2) is 10.7. The Balaban J connectivity index is 1.86. The molecule has 0 radical (unpaired) electrons. The van der Waals surface area contributed by atoms with Crippen molar-refractivity contribution >= 4 is 39.9 Å². The number of hydrogen-bond donors (Lipinski definition) is 1. The molecule has 1 saturated heterocycles. The Bertz CT molecular complexity index is 1170. The van der Waals surface area contributed by atoms with E-state index in [0.29, 0.717) is 33.7 Å². The molecule has 0 bridgehead atoms. The van der Waals surface area contributed by atoms with Gasteiger partial charge in [0.05, 0.1) is 29.8 Å². The number of amides is 3. The van der Waals surface area contributed by atoms with Gasteiger partial charge in [0.15, 0.2) is 11.5 Å². The predicted molar refractivity (Wildman–Crippen MR) is 121 cm³/mol. The summed E-state index contributed by atoms with van der Waals surface area (Å²) in [6, 6.07) is 11.9. The normalized spacial score (nSPS) is 14.1. The number of imide groups is 1. The molecule has 2 aromatic carbocycles. The van der Waals surface area contributed by atoms with Gasteiger partial charge in [-0.3, -0.25) is 9.59 Å². The van der Waals surface area contributed by atoms with Crippen LogP contribution in [0.3, 0.4) is 0 Å². The lowest BCUT2D eigenvalue weighted by molar-refractivity contribution is -0.143. The molecule has 1 heterocycles. The lowest BCUT2D eigenvalue weighted by Gasteiger charge is -2.15. The van der Waals surface area contributed by atoms with Crippen molar-refractivity contribution in [3.05, 3.63) is 63.3 Å². The molecule has 2 aromatic rings. The lowest BCUT2D eigenvalue weighted by Crippen LogP contribution is -2.36. The number of nitrogens with one attached hydrogen (secondary N) is 1. The van der Waals surface area contributed by atoms with Crippen LogP contribution in [0, 0.1) is 11.3 Å². The van der Waals surface area contributed by atoms with Crippen LogP contribution in [0.4, 0.5) is 4.79 Å². The highest BCUT2D eigenvalue weighted by Crippen LogP contribution is 2.38. The highest BCUT2D eigenvalue weighted by Gasteiger charge is 2.35. The van der Waals surface area contributed by atoms with E-state index in [1.54, 1.807) is 30.3 Å². The molecule has 0 unspecified atom stereocenters. The summed E-state index contributed by atoms with van der Waals surface area (Å²) < 4.78 is 16.7. The van der Waals surface area contributed by atoms with Crippen LogP contribution in [0.2, 0.25) is 0 Å². The second-order valence-corrected chi connectivity index (χ2v) is 7.63. The third-order valence-corrected chi connectivity index (χ3v) is 5.22. The van der Waals surface area contributed by atoms with Gasteiger partial charge in [-0.25, -0.2) is 9.69 Å². The van der Waals surface area contributed by atoms with E-state index < -0.39 is 24.5 Å². The molecule has 0 aromatic heterocycles. The van der Waals surface area contributed by atoms with Gasteiger partial charge in [-0.1, -0.05) is 18.2 Å². The van der Waals surface area contributed by atoms with Crippen LogP contribution in [0.5, 0.6) is 11.5 Å². The summed E-state index contributed by atoms with van der Waals surface area (Å²) in [6.07, 6.45) is 1.47. The van der Waals surface area contributed by atoms with Crippen molar-refractivity contribution in [2.24, 2.45) is 0 Å². The summed E-state index contributed by atoms with van der Waals surface area (Å²) >= 11 is 3.46. The molecule has 10 heteroatoms. The number of hydrogen-bond acceptors (Lipinski definition) is 7. The average Bonchev–Trinajstić information content (AvgIpc) is 3.06. The number of esters is 1. The number of nitrogens with zero attached hydrogens (tertiary/aromatic N) is 2. The van der Waals surface area contributed by atoms with E-state index in [1.165, 1.54) is 13.2 Å². The van der Waals surface area contributed by atoms with Crippen LogP contribution < -0.4 is 14.8 Å². The standard InChI is InChI=1S/C23H20BrN3O6/c1-3-32-19-10-14(9-18-22(29)27(23(30)26-18)12-20(28)31-2)8-17(24)21(19)33-13-16-7-5-4-6-15(16)11-25/h4-10H,3,12-13H2,1-2H3,(H,26,30)/b18-9+. The number of benzene rings is 2. The molecule has 0 atom stereocenters. The molecule has 3 amide bonds. The molecular weight excluding hydrogens is 494 g/mol. The van der Waals surface area contributed by atoms with E-state index in [-0.39, 0.29) is 12.3 Å². The van der Waals surface area contributed by atoms with E-state index in [0.717, 1.165) is 10.5 Å². The first kappa shape index (κ1) is 23.8. The Hall–Kier alpha value is -3.84. The van der Waals surface area contributed by atoms with Gasteiger partial charge in [-0.15, -0.1) is 0 Å². The maximum atomic E-state index is 12.5. The van der Waals surface area contributed by atoms with E-state index in [4.69, 9.17) is 9.47 Å². The zero-order chi connectivity index (χ0) is 24.0. The average molecular weight is 514 g/mol. The van der Waals surface area contributed by atoms with Crippen molar-refractivity contribution in [3.8, 4) is 17.6 Å². The zero-order valence-corrected chi connectivity index (χ0v) is 19.5. The smallest absolute Gasteiger partial charge is 0.329 e. The first-order valence-corrected chi connectivity index (χ1v) is 10.7. The van der Waals surface area contributed by atoms with Crippen LogP contribution in [-0.4, -0.2) is 43.1 Å². The van der Waals surface area contributed by atoms with E-state index in [2.05, 4.69) is 32.1 Å². The van der Waals surface area contributed by atoms with Gasteiger partial charge in [0, 0.05) is 5.56 Å². The van der Waals surface area contributed by atoms with Gasteiger partial charge in [0.1, 0.15) is 18.8 Å². The number of methoxy groups -OCH3 is 1. The summed E-state index contributed by atoms with van der Waals surface area (Å²) in [5.74, 6) is -0.509. The lowest BCUT2D eigenvalue weighted by atomic mass is 10.1. The Labute approximate surface area is 198 Å². The molecule has 1 aliphatic heterocycles.